The molecule has 0 spiro atoms. The van der Waals surface area contributed by atoms with Gasteiger partial charge in [-0.2, -0.15) is 10.1 Å². The molecule has 1 saturated heterocycles. The lowest BCUT2D eigenvalue weighted by atomic mass is 10.1. The highest BCUT2D eigenvalue weighted by molar-refractivity contribution is 5.93. The summed E-state index contributed by atoms with van der Waals surface area (Å²) in [5.74, 6) is 0.00462. The molecule has 0 saturated carbocycles. The van der Waals surface area contributed by atoms with E-state index in [0.717, 1.165) is 33.8 Å². The summed E-state index contributed by atoms with van der Waals surface area (Å²) in [5, 5.41) is 4.49. The topological polar surface area (TPSA) is 67.6 Å². The van der Waals surface area contributed by atoms with Crippen molar-refractivity contribution < 1.29 is 9.13 Å². The number of morpholine rings is 1. The number of hydrogen-bond donors (Lipinski definition) is 1. The summed E-state index contributed by atoms with van der Waals surface area (Å²) in [6.07, 6.45) is 2.94. The van der Waals surface area contributed by atoms with Crippen LogP contribution < -0.4 is 10.3 Å². The minimum Gasteiger partial charge on any atom is -0.378 e. The van der Waals surface area contributed by atoms with Gasteiger partial charge in [0.25, 0.3) is 0 Å². The van der Waals surface area contributed by atoms with Crippen molar-refractivity contribution in [1.82, 2.24) is 14.5 Å². The second-order valence-electron chi connectivity index (χ2n) is 9.57. The maximum Gasteiger partial charge on any atom is 0.245 e. The second-order valence-corrected chi connectivity index (χ2v) is 9.57. The zero-order chi connectivity index (χ0) is 27.3. The number of aryl methyl sites for hydroxylation is 1. The third kappa shape index (κ3) is 5.34. The zero-order valence-electron chi connectivity index (χ0n) is 22.2. The fourth-order valence-electron chi connectivity index (χ4n) is 4.87. The number of aromatic nitrogens is 3. The van der Waals surface area contributed by atoms with Crippen molar-refractivity contribution >= 4 is 18.0 Å². The van der Waals surface area contributed by atoms with Gasteiger partial charge in [-0.05, 0) is 36.2 Å². The van der Waals surface area contributed by atoms with E-state index < -0.39 is 5.82 Å². The number of benzene rings is 3. The molecule has 5 aromatic rings. The normalized spacial score (nSPS) is 13.6. The van der Waals surface area contributed by atoms with Crippen molar-refractivity contribution in [3.63, 3.8) is 0 Å². The Bertz CT molecular complexity index is 1610. The number of anilines is 2. The Labute approximate surface area is 232 Å². The predicted molar refractivity (Wildman–Crippen MR) is 158 cm³/mol. The maximum absolute atomic E-state index is 14.5. The lowest BCUT2D eigenvalue weighted by Crippen LogP contribution is -2.37. The summed E-state index contributed by atoms with van der Waals surface area (Å²) < 4.78 is 22.1. The second kappa shape index (κ2) is 11.5. The highest BCUT2D eigenvalue weighted by Gasteiger charge is 2.20. The molecule has 2 aromatic heterocycles. The van der Waals surface area contributed by atoms with Crippen LogP contribution in [0.2, 0.25) is 0 Å². The average molecular weight is 533 g/mol. The van der Waals surface area contributed by atoms with Crippen LogP contribution in [0.1, 0.15) is 11.1 Å². The first-order chi connectivity index (χ1) is 19.7. The van der Waals surface area contributed by atoms with E-state index in [4.69, 9.17) is 4.74 Å². The first-order valence-corrected chi connectivity index (χ1v) is 13.3. The number of nitrogens with zero attached hydrogens (tertiary/aromatic N) is 5. The van der Waals surface area contributed by atoms with Gasteiger partial charge in [-0.3, -0.25) is 0 Å². The molecule has 3 heterocycles. The summed E-state index contributed by atoms with van der Waals surface area (Å²) >= 11 is 0. The molecule has 1 fully saturated rings. The molecular formula is C32H29FN6O. The Morgan fingerprint density at radius 3 is 2.27 bits per heavy atom. The number of rotatable bonds is 7. The molecule has 0 aliphatic carbocycles. The molecule has 1 N–H and O–H groups in total. The third-order valence-corrected chi connectivity index (χ3v) is 6.84. The molecule has 40 heavy (non-hydrogen) atoms. The standard InChI is InChI=1S/C32H29FN6O/c1-23-12-14-27(15-13-23)39-29(24-8-4-2-5-9-24)20-26(30(39)25-10-6-3-7-11-25)21-35-37-32-34-22-28(33)31(36-32)38-16-18-40-19-17-38/h2-15,20-22H,16-19H2,1H3,(H,34,36,37)/b35-21+. The van der Waals surface area contributed by atoms with Crippen LogP contribution in [-0.2, 0) is 4.74 Å². The molecule has 3 aromatic carbocycles. The fraction of sp³-hybridized carbons (Fsp3) is 0.156. The molecule has 6 rings (SSSR count). The van der Waals surface area contributed by atoms with Gasteiger partial charge in [-0.25, -0.2) is 14.8 Å². The van der Waals surface area contributed by atoms with Gasteiger partial charge < -0.3 is 14.2 Å². The van der Waals surface area contributed by atoms with Crippen LogP contribution >= 0.6 is 0 Å². The Morgan fingerprint density at radius 1 is 0.900 bits per heavy atom. The van der Waals surface area contributed by atoms with Gasteiger partial charge in [0, 0.05) is 24.3 Å². The van der Waals surface area contributed by atoms with E-state index in [9.17, 15) is 4.39 Å². The van der Waals surface area contributed by atoms with Crippen molar-refractivity contribution in [2.75, 3.05) is 36.6 Å². The highest BCUT2D eigenvalue weighted by atomic mass is 19.1. The van der Waals surface area contributed by atoms with E-state index in [1.807, 2.05) is 41.3 Å². The van der Waals surface area contributed by atoms with Gasteiger partial charge in [-0.1, -0.05) is 78.4 Å². The van der Waals surface area contributed by atoms with Crippen LogP contribution in [0.3, 0.4) is 0 Å². The average Bonchev–Trinajstić information content (AvgIpc) is 3.39. The van der Waals surface area contributed by atoms with Crippen LogP contribution in [0.4, 0.5) is 16.2 Å². The first kappa shape index (κ1) is 25.5. The van der Waals surface area contributed by atoms with Crippen LogP contribution in [0, 0.1) is 12.7 Å². The maximum atomic E-state index is 14.5. The van der Waals surface area contributed by atoms with Crippen molar-refractivity contribution in [3.8, 4) is 28.2 Å². The third-order valence-electron chi connectivity index (χ3n) is 6.84. The smallest absolute Gasteiger partial charge is 0.245 e. The van der Waals surface area contributed by atoms with Crippen molar-refractivity contribution in [3.05, 3.63) is 114 Å². The number of nitrogens with one attached hydrogen (secondary N) is 1. The number of halogens is 1. The molecule has 0 bridgehead atoms. The molecule has 0 unspecified atom stereocenters. The molecule has 7 nitrogen and oxygen atoms in total. The van der Waals surface area contributed by atoms with E-state index in [1.54, 1.807) is 6.21 Å². The molecule has 0 amide bonds. The van der Waals surface area contributed by atoms with Crippen LogP contribution in [-0.4, -0.2) is 47.1 Å². The monoisotopic (exact) mass is 532 g/mol. The summed E-state index contributed by atoms with van der Waals surface area (Å²) in [5.41, 5.74) is 10.2. The minimum absolute atomic E-state index is 0.224. The van der Waals surface area contributed by atoms with E-state index in [-0.39, 0.29) is 11.8 Å². The van der Waals surface area contributed by atoms with E-state index in [0.29, 0.717) is 26.3 Å². The summed E-state index contributed by atoms with van der Waals surface area (Å²) in [6, 6.07) is 31.2. The summed E-state index contributed by atoms with van der Waals surface area (Å²) in [6.45, 7) is 4.31. The molecule has 1 aliphatic rings. The number of hydrazone groups is 1. The van der Waals surface area contributed by atoms with Gasteiger partial charge in [0.15, 0.2) is 11.6 Å². The minimum atomic E-state index is -0.467. The SMILES string of the molecule is Cc1ccc(-n2c(-c3ccccc3)cc(/C=N/Nc3ncc(F)c(N4CCOCC4)n3)c2-c2ccccc2)cc1. The number of ether oxygens (including phenoxy) is 1. The van der Waals surface area contributed by atoms with Crippen LogP contribution in [0.25, 0.3) is 28.2 Å². The zero-order valence-corrected chi connectivity index (χ0v) is 22.2. The van der Waals surface area contributed by atoms with Gasteiger partial charge in [0.1, 0.15) is 0 Å². The van der Waals surface area contributed by atoms with Crippen molar-refractivity contribution in [2.45, 2.75) is 6.92 Å². The molecule has 0 atom stereocenters. The predicted octanol–water partition coefficient (Wildman–Crippen LogP) is 6.33. The van der Waals surface area contributed by atoms with E-state index in [1.165, 1.54) is 11.8 Å². The van der Waals surface area contributed by atoms with Crippen molar-refractivity contribution in [2.24, 2.45) is 5.10 Å². The lowest BCUT2D eigenvalue weighted by molar-refractivity contribution is 0.122. The number of hydrogen-bond acceptors (Lipinski definition) is 6. The quantitative estimate of drug-likeness (QED) is 0.196. The van der Waals surface area contributed by atoms with Crippen LogP contribution in [0.5, 0.6) is 0 Å². The Hall–Kier alpha value is -4.82. The highest BCUT2D eigenvalue weighted by Crippen LogP contribution is 2.35. The molecule has 8 heteroatoms. The van der Waals surface area contributed by atoms with E-state index in [2.05, 4.69) is 86.6 Å². The van der Waals surface area contributed by atoms with E-state index >= 15 is 0 Å². The molecule has 200 valence electrons. The van der Waals surface area contributed by atoms with Crippen molar-refractivity contribution in [1.29, 1.82) is 0 Å². The van der Waals surface area contributed by atoms with Gasteiger partial charge in [0.2, 0.25) is 5.95 Å². The molecule has 1 aliphatic heterocycles. The Balaban J connectivity index is 1.42. The lowest BCUT2D eigenvalue weighted by Gasteiger charge is -2.27. The van der Waals surface area contributed by atoms with Gasteiger partial charge >= 0.3 is 0 Å². The first-order valence-electron chi connectivity index (χ1n) is 13.3. The summed E-state index contributed by atoms with van der Waals surface area (Å²) in [7, 11) is 0. The van der Waals surface area contributed by atoms with Gasteiger partial charge in [0.05, 0.1) is 37.0 Å². The molecule has 0 radical (unpaired) electrons. The summed E-state index contributed by atoms with van der Waals surface area (Å²) in [4.78, 5) is 10.3. The Kier molecular flexibility index (Phi) is 7.32. The molecular weight excluding hydrogens is 503 g/mol. The van der Waals surface area contributed by atoms with Crippen LogP contribution in [0.15, 0.2) is 102 Å². The Morgan fingerprint density at radius 2 is 1.57 bits per heavy atom. The fourth-order valence-corrected chi connectivity index (χ4v) is 4.87. The largest absolute Gasteiger partial charge is 0.378 e. The van der Waals surface area contributed by atoms with Gasteiger partial charge in [-0.15, -0.1) is 0 Å².